The van der Waals surface area contributed by atoms with Crippen LogP contribution in [0.25, 0.3) is 0 Å². The van der Waals surface area contributed by atoms with E-state index in [9.17, 15) is 9.59 Å². The molecule has 0 aliphatic rings. The summed E-state index contributed by atoms with van der Waals surface area (Å²) in [7, 11) is 0. The SMILES string of the molecule is C[Te]C(C)(C)C(=O)OCCOC(=O)C(C)(C)[Te]C. The van der Waals surface area contributed by atoms with Crippen LogP contribution in [-0.2, 0) is 19.1 Å². The van der Waals surface area contributed by atoms with Gasteiger partial charge in [0.15, 0.2) is 0 Å². The summed E-state index contributed by atoms with van der Waals surface area (Å²) in [5, 5.41) is 0. The summed E-state index contributed by atoms with van der Waals surface area (Å²) in [5.41, 5.74) is 0. The molecule has 0 amide bonds. The second-order valence-electron chi connectivity index (χ2n) is 4.70. The Morgan fingerprint density at radius 1 is 0.833 bits per heavy atom. The van der Waals surface area contributed by atoms with Crippen LogP contribution in [0.3, 0.4) is 0 Å². The fourth-order valence-electron chi connectivity index (χ4n) is 0.783. The zero-order valence-corrected chi connectivity index (χ0v) is 16.5. The van der Waals surface area contributed by atoms with Crippen LogP contribution in [-0.4, -0.2) is 67.0 Å². The molecule has 0 aromatic rings. The van der Waals surface area contributed by atoms with Crippen molar-refractivity contribution in [1.82, 2.24) is 0 Å². The molecular formula is C12H22O4Te2. The fourth-order valence-corrected chi connectivity index (χ4v) is 2.07. The number of hydrogen-bond acceptors (Lipinski definition) is 4. The monoisotopic (exact) mass is 490 g/mol. The van der Waals surface area contributed by atoms with Crippen molar-refractivity contribution in [1.29, 1.82) is 0 Å². The average Bonchev–Trinajstić information content (AvgIpc) is 2.33. The molecule has 0 heterocycles. The van der Waals surface area contributed by atoms with E-state index < -0.39 is 0 Å². The van der Waals surface area contributed by atoms with Crippen molar-refractivity contribution in [2.45, 2.75) is 44.6 Å². The molecule has 0 aliphatic carbocycles. The number of carbonyl (C=O) groups excluding carboxylic acids is 2. The molecule has 0 N–H and O–H groups in total. The van der Waals surface area contributed by atoms with E-state index in [4.69, 9.17) is 9.47 Å². The molecule has 0 atom stereocenters. The van der Waals surface area contributed by atoms with Crippen molar-refractivity contribution in [2.24, 2.45) is 0 Å². The van der Waals surface area contributed by atoms with Crippen LogP contribution in [0, 0.1) is 0 Å². The summed E-state index contributed by atoms with van der Waals surface area (Å²) < 4.78 is 9.56. The van der Waals surface area contributed by atoms with Crippen LogP contribution in [0.4, 0.5) is 0 Å². The van der Waals surface area contributed by atoms with Crippen molar-refractivity contribution in [2.75, 3.05) is 13.2 Å². The molecule has 0 saturated heterocycles. The van der Waals surface area contributed by atoms with Crippen LogP contribution < -0.4 is 0 Å². The second kappa shape index (κ2) is 7.95. The first-order valence-corrected chi connectivity index (χ1v) is 12.6. The standard InChI is InChI=1S/C12H22O4Te2/c1-11(2,17-5)9(13)15-7-8-16-10(14)12(3,4)18-6/h7-8H2,1-6H3. The first-order chi connectivity index (χ1) is 8.17. The van der Waals surface area contributed by atoms with Gasteiger partial charge in [-0.3, -0.25) is 0 Å². The van der Waals surface area contributed by atoms with Gasteiger partial charge in [0.05, 0.1) is 0 Å². The van der Waals surface area contributed by atoms with Crippen LogP contribution in [0.1, 0.15) is 27.7 Å². The molecule has 106 valence electrons. The Morgan fingerprint density at radius 2 is 1.11 bits per heavy atom. The van der Waals surface area contributed by atoms with Gasteiger partial charge in [-0.2, -0.15) is 0 Å². The third kappa shape index (κ3) is 6.11. The minimum absolute atomic E-state index is 0.154. The van der Waals surface area contributed by atoms with Crippen molar-refractivity contribution < 1.29 is 19.1 Å². The summed E-state index contributed by atoms with van der Waals surface area (Å²) in [4.78, 5) is 27.5. The van der Waals surface area contributed by atoms with E-state index >= 15 is 0 Å². The molecule has 0 saturated carbocycles. The van der Waals surface area contributed by atoms with Crippen molar-refractivity contribution in [3.63, 3.8) is 0 Å². The van der Waals surface area contributed by atoms with Gasteiger partial charge in [-0.1, -0.05) is 0 Å². The Morgan fingerprint density at radius 3 is 1.33 bits per heavy atom. The average molecular weight is 486 g/mol. The predicted molar refractivity (Wildman–Crippen MR) is 73.2 cm³/mol. The molecule has 0 rings (SSSR count). The van der Waals surface area contributed by atoms with Gasteiger partial charge >= 0.3 is 131 Å². The van der Waals surface area contributed by atoms with Crippen LogP contribution in [0.15, 0.2) is 0 Å². The normalized spacial score (nSPS) is 12.1. The summed E-state index contributed by atoms with van der Waals surface area (Å²) in [5.74, 6) is -0.376. The number of rotatable bonds is 7. The summed E-state index contributed by atoms with van der Waals surface area (Å²) in [6.45, 7) is 7.90. The van der Waals surface area contributed by atoms with Gasteiger partial charge in [-0.15, -0.1) is 0 Å². The van der Waals surface area contributed by atoms with E-state index in [0.29, 0.717) is 0 Å². The van der Waals surface area contributed by atoms with E-state index in [1.165, 1.54) is 0 Å². The van der Waals surface area contributed by atoms with Crippen molar-refractivity contribution in [3.05, 3.63) is 0 Å². The zero-order valence-electron chi connectivity index (χ0n) is 11.9. The Bertz CT molecular complexity index is 270. The van der Waals surface area contributed by atoms with E-state index in [2.05, 4.69) is 9.94 Å². The van der Waals surface area contributed by atoms with Crippen molar-refractivity contribution >= 4 is 53.8 Å². The second-order valence-corrected chi connectivity index (χ2v) is 12.9. The van der Waals surface area contributed by atoms with Gasteiger partial charge in [0, 0.05) is 0 Å². The Balaban J connectivity index is 3.96. The summed E-state index contributed by atoms with van der Waals surface area (Å²) in [6, 6.07) is 0. The number of ether oxygens (including phenoxy) is 2. The van der Waals surface area contributed by atoms with E-state index in [-0.39, 0.29) is 73.9 Å². The molecule has 0 fully saturated rings. The summed E-state index contributed by atoms with van der Waals surface area (Å²) in [6.07, 6.45) is 0. The molecule has 0 bridgehead atoms. The summed E-state index contributed by atoms with van der Waals surface area (Å²) >= 11 is -0.766. The third-order valence-corrected chi connectivity index (χ3v) is 9.33. The van der Waals surface area contributed by atoms with Gasteiger partial charge in [-0.25, -0.2) is 0 Å². The maximum absolute atomic E-state index is 11.7. The van der Waals surface area contributed by atoms with Crippen molar-refractivity contribution in [3.8, 4) is 0 Å². The maximum atomic E-state index is 11.7. The topological polar surface area (TPSA) is 52.6 Å². The van der Waals surface area contributed by atoms with E-state index in [1.54, 1.807) is 0 Å². The van der Waals surface area contributed by atoms with Gasteiger partial charge < -0.3 is 0 Å². The third-order valence-electron chi connectivity index (χ3n) is 2.55. The number of esters is 2. The zero-order chi connectivity index (χ0) is 14.4. The number of hydrogen-bond donors (Lipinski definition) is 0. The van der Waals surface area contributed by atoms with E-state index in [1.807, 2.05) is 27.7 Å². The van der Waals surface area contributed by atoms with Crippen LogP contribution in [0.2, 0.25) is 16.9 Å². The first kappa shape index (κ1) is 18.5. The van der Waals surface area contributed by atoms with Gasteiger partial charge in [0.25, 0.3) is 0 Å². The quantitative estimate of drug-likeness (QED) is 0.315. The molecule has 18 heavy (non-hydrogen) atoms. The molecule has 4 nitrogen and oxygen atoms in total. The first-order valence-electron chi connectivity index (χ1n) is 5.62. The van der Waals surface area contributed by atoms with Gasteiger partial charge in [0.2, 0.25) is 0 Å². The molecule has 0 unspecified atom stereocenters. The molecule has 0 radical (unpaired) electrons. The molecule has 0 spiro atoms. The minimum atomic E-state index is -0.383. The Hall–Kier alpha value is 0.519. The predicted octanol–water partition coefficient (Wildman–Crippen LogP) is 1.97. The molecule has 0 aromatic carbocycles. The Labute approximate surface area is 130 Å². The van der Waals surface area contributed by atoms with Crippen LogP contribution >= 0.6 is 0 Å². The Kier molecular flexibility index (Phi) is 8.18. The fraction of sp³-hybridized carbons (Fsp3) is 0.833. The molecular weight excluding hydrogens is 463 g/mol. The molecule has 0 aliphatic heterocycles. The number of carbonyl (C=O) groups is 2. The van der Waals surface area contributed by atoms with E-state index in [0.717, 1.165) is 0 Å². The van der Waals surface area contributed by atoms with Gasteiger partial charge in [-0.05, 0) is 0 Å². The van der Waals surface area contributed by atoms with Gasteiger partial charge in [0.1, 0.15) is 0 Å². The molecule has 0 aromatic heterocycles. The van der Waals surface area contributed by atoms with Crippen LogP contribution in [0.5, 0.6) is 0 Å². The molecule has 6 heteroatoms.